The monoisotopic (exact) mass is 851 g/mol. The Kier molecular flexibility index (Phi) is 46.9. The third-order valence-corrected chi connectivity index (χ3v) is 10.7. The van der Waals surface area contributed by atoms with E-state index >= 15 is 0 Å². The molecule has 0 heterocycles. The van der Waals surface area contributed by atoms with Crippen molar-refractivity contribution in [2.24, 2.45) is 0 Å². The maximum Gasteiger partial charge on any atom is 0.306 e. The zero-order valence-corrected chi connectivity index (χ0v) is 39.9. The molecule has 0 aromatic carbocycles. The van der Waals surface area contributed by atoms with Gasteiger partial charge in [0.15, 0.2) is 6.10 Å². The summed E-state index contributed by atoms with van der Waals surface area (Å²) in [4.78, 5) is 37.9. The van der Waals surface area contributed by atoms with E-state index in [0.29, 0.717) is 19.3 Å². The van der Waals surface area contributed by atoms with Gasteiger partial charge in [-0.2, -0.15) is 0 Å². The molecule has 0 unspecified atom stereocenters. The van der Waals surface area contributed by atoms with Crippen LogP contribution in [0.3, 0.4) is 0 Å². The van der Waals surface area contributed by atoms with Gasteiger partial charge in [-0.25, -0.2) is 0 Å². The SMILES string of the molecule is CC/C=C\C/C=C\C/C=C\C/C=C\CCCCC(=O)O[C@H](COC(=O)CCCCCCC/C=C\CCCCC)COC(=O)CCCCCCC/C=C\CCCCCCCCC. The van der Waals surface area contributed by atoms with E-state index in [9.17, 15) is 14.4 Å². The average molecular weight is 851 g/mol. The van der Waals surface area contributed by atoms with Crippen LogP contribution in [0, 0.1) is 0 Å². The van der Waals surface area contributed by atoms with Crippen molar-refractivity contribution in [2.45, 2.75) is 245 Å². The van der Waals surface area contributed by atoms with Crippen molar-refractivity contribution in [3.05, 3.63) is 72.9 Å². The summed E-state index contributed by atoms with van der Waals surface area (Å²) in [5.74, 6) is -0.958. The Morgan fingerprint density at radius 2 is 0.639 bits per heavy atom. The van der Waals surface area contributed by atoms with Gasteiger partial charge in [-0.15, -0.1) is 0 Å². The van der Waals surface area contributed by atoms with Gasteiger partial charge in [-0.3, -0.25) is 14.4 Å². The Bertz CT molecular complexity index is 1160. The van der Waals surface area contributed by atoms with Gasteiger partial charge in [0.25, 0.3) is 0 Å². The van der Waals surface area contributed by atoms with Gasteiger partial charge < -0.3 is 14.2 Å². The number of carbonyl (C=O) groups is 3. The molecule has 350 valence electrons. The standard InChI is InChI=1S/C55H94O6/c1-4-7-10-13-16-19-22-25-27-29-30-33-36-39-42-45-48-54(57)60-51-52(50-59-53(56)47-44-41-38-35-32-24-21-18-15-12-9-6-3)61-55(58)49-46-43-40-37-34-31-28-26-23-20-17-14-11-8-5-2/h8,11,17-18,20-21,26-29,34,37,52H,4-7,9-10,12-16,19,22-25,30-33,35-36,38-51H2,1-3H3/b11-8-,20-17-,21-18-,28-26-,29-27-,37-34-/t52-/m1/s1. The minimum absolute atomic E-state index is 0.0992. The number of unbranched alkanes of at least 4 members (excludes halogenated alkanes) is 22. The van der Waals surface area contributed by atoms with Gasteiger partial charge in [-0.1, -0.05) is 184 Å². The molecule has 0 rings (SSSR count). The first-order valence-electron chi connectivity index (χ1n) is 25.4. The van der Waals surface area contributed by atoms with Crippen LogP contribution in [0.1, 0.15) is 239 Å². The van der Waals surface area contributed by atoms with E-state index in [1.54, 1.807) is 0 Å². The normalized spacial score (nSPS) is 12.6. The molecular formula is C55H94O6. The van der Waals surface area contributed by atoms with E-state index in [0.717, 1.165) is 96.3 Å². The lowest BCUT2D eigenvalue weighted by Crippen LogP contribution is -2.30. The minimum Gasteiger partial charge on any atom is -0.462 e. The van der Waals surface area contributed by atoms with E-state index in [1.807, 2.05) is 0 Å². The van der Waals surface area contributed by atoms with Gasteiger partial charge in [0, 0.05) is 19.3 Å². The fraction of sp³-hybridized carbons (Fsp3) is 0.727. The van der Waals surface area contributed by atoms with Crippen molar-refractivity contribution in [1.82, 2.24) is 0 Å². The van der Waals surface area contributed by atoms with E-state index in [1.165, 1.54) is 96.3 Å². The number of hydrogen-bond donors (Lipinski definition) is 0. The number of esters is 3. The molecule has 0 saturated heterocycles. The van der Waals surface area contributed by atoms with Crippen LogP contribution in [-0.4, -0.2) is 37.2 Å². The van der Waals surface area contributed by atoms with Crippen LogP contribution in [-0.2, 0) is 28.6 Å². The summed E-state index contributed by atoms with van der Waals surface area (Å²) in [5.41, 5.74) is 0. The maximum absolute atomic E-state index is 12.8. The Morgan fingerprint density at radius 3 is 1.08 bits per heavy atom. The third-order valence-electron chi connectivity index (χ3n) is 10.7. The molecule has 0 amide bonds. The van der Waals surface area contributed by atoms with Crippen molar-refractivity contribution in [1.29, 1.82) is 0 Å². The molecule has 0 aliphatic carbocycles. The highest BCUT2D eigenvalue weighted by Gasteiger charge is 2.19. The molecular weight excluding hydrogens is 757 g/mol. The number of ether oxygens (including phenoxy) is 3. The molecule has 6 heteroatoms. The zero-order chi connectivity index (χ0) is 44.4. The Hall–Kier alpha value is -3.15. The smallest absolute Gasteiger partial charge is 0.306 e. The predicted octanol–water partition coefficient (Wildman–Crippen LogP) is 16.6. The van der Waals surface area contributed by atoms with Gasteiger partial charge in [0.05, 0.1) is 0 Å². The van der Waals surface area contributed by atoms with E-state index < -0.39 is 6.10 Å². The first-order chi connectivity index (χ1) is 30.0. The molecule has 0 spiro atoms. The second kappa shape index (κ2) is 49.5. The van der Waals surface area contributed by atoms with E-state index in [4.69, 9.17) is 14.2 Å². The van der Waals surface area contributed by atoms with Gasteiger partial charge >= 0.3 is 17.9 Å². The highest BCUT2D eigenvalue weighted by molar-refractivity contribution is 5.71. The van der Waals surface area contributed by atoms with Crippen LogP contribution in [0.2, 0.25) is 0 Å². The lowest BCUT2D eigenvalue weighted by atomic mass is 10.1. The Balaban J connectivity index is 4.46. The van der Waals surface area contributed by atoms with Crippen molar-refractivity contribution in [3.63, 3.8) is 0 Å². The molecule has 1 atom stereocenters. The Morgan fingerprint density at radius 1 is 0.344 bits per heavy atom. The third kappa shape index (κ3) is 47.7. The van der Waals surface area contributed by atoms with Crippen LogP contribution in [0.15, 0.2) is 72.9 Å². The average Bonchev–Trinajstić information content (AvgIpc) is 3.26. The summed E-state index contributed by atoms with van der Waals surface area (Å²) in [6.07, 6.45) is 61.7. The summed E-state index contributed by atoms with van der Waals surface area (Å²) in [6.45, 7) is 6.44. The first kappa shape index (κ1) is 57.9. The van der Waals surface area contributed by atoms with Crippen LogP contribution in [0.5, 0.6) is 0 Å². The van der Waals surface area contributed by atoms with Crippen LogP contribution >= 0.6 is 0 Å². The van der Waals surface area contributed by atoms with Crippen molar-refractivity contribution >= 4 is 17.9 Å². The summed E-state index contributed by atoms with van der Waals surface area (Å²) >= 11 is 0. The number of hydrogen-bond acceptors (Lipinski definition) is 6. The van der Waals surface area contributed by atoms with Crippen LogP contribution < -0.4 is 0 Å². The number of rotatable bonds is 45. The predicted molar refractivity (Wildman–Crippen MR) is 261 cm³/mol. The lowest BCUT2D eigenvalue weighted by Gasteiger charge is -2.18. The van der Waals surface area contributed by atoms with Crippen LogP contribution in [0.25, 0.3) is 0 Å². The maximum atomic E-state index is 12.8. The van der Waals surface area contributed by atoms with E-state index in [-0.39, 0.29) is 37.5 Å². The molecule has 0 fully saturated rings. The van der Waals surface area contributed by atoms with Gasteiger partial charge in [0.2, 0.25) is 0 Å². The molecule has 0 saturated carbocycles. The fourth-order valence-electron chi connectivity index (χ4n) is 6.83. The summed E-state index contributed by atoms with van der Waals surface area (Å²) in [7, 11) is 0. The highest BCUT2D eigenvalue weighted by Crippen LogP contribution is 2.13. The minimum atomic E-state index is -0.802. The molecule has 0 aromatic rings. The second-order valence-corrected chi connectivity index (χ2v) is 16.7. The molecule has 61 heavy (non-hydrogen) atoms. The topological polar surface area (TPSA) is 78.9 Å². The van der Waals surface area contributed by atoms with Crippen molar-refractivity contribution in [3.8, 4) is 0 Å². The van der Waals surface area contributed by atoms with E-state index in [2.05, 4.69) is 93.7 Å². The molecule has 0 aliphatic rings. The van der Waals surface area contributed by atoms with Crippen molar-refractivity contribution < 1.29 is 28.6 Å². The Labute approximate surface area is 376 Å². The lowest BCUT2D eigenvalue weighted by molar-refractivity contribution is -0.167. The first-order valence-corrected chi connectivity index (χ1v) is 25.4. The second-order valence-electron chi connectivity index (χ2n) is 16.7. The summed E-state index contributed by atoms with van der Waals surface area (Å²) in [6, 6.07) is 0. The zero-order valence-electron chi connectivity index (χ0n) is 39.9. The quantitative estimate of drug-likeness (QED) is 0.0263. The van der Waals surface area contributed by atoms with Crippen LogP contribution in [0.4, 0.5) is 0 Å². The van der Waals surface area contributed by atoms with Gasteiger partial charge in [0.1, 0.15) is 13.2 Å². The summed E-state index contributed by atoms with van der Waals surface area (Å²) in [5, 5.41) is 0. The number of allylic oxidation sites excluding steroid dienone is 12. The molecule has 0 radical (unpaired) electrons. The summed E-state index contributed by atoms with van der Waals surface area (Å²) < 4.78 is 16.7. The molecule has 0 bridgehead atoms. The molecule has 6 nitrogen and oxygen atoms in total. The largest absolute Gasteiger partial charge is 0.462 e. The highest BCUT2D eigenvalue weighted by atomic mass is 16.6. The van der Waals surface area contributed by atoms with Gasteiger partial charge in [-0.05, 0) is 109 Å². The molecule has 0 aliphatic heterocycles. The number of carbonyl (C=O) groups excluding carboxylic acids is 3. The molecule has 0 N–H and O–H groups in total. The molecule has 0 aromatic heterocycles. The van der Waals surface area contributed by atoms with Crippen molar-refractivity contribution in [2.75, 3.05) is 13.2 Å². The fourth-order valence-corrected chi connectivity index (χ4v) is 6.83.